The summed E-state index contributed by atoms with van der Waals surface area (Å²) in [5.74, 6) is 6.75. The van der Waals surface area contributed by atoms with E-state index in [9.17, 15) is 0 Å². The lowest BCUT2D eigenvalue weighted by atomic mass is 10.1. The Morgan fingerprint density at radius 1 is 1.54 bits per heavy atom. The second-order valence-electron chi connectivity index (χ2n) is 3.86. The highest BCUT2D eigenvalue weighted by Crippen LogP contribution is 2.21. The molecule has 1 aliphatic heterocycles. The summed E-state index contributed by atoms with van der Waals surface area (Å²) < 4.78 is 0. The second-order valence-corrected chi connectivity index (χ2v) is 3.86. The van der Waals surface area contributed by atoms with Crippen molar-refractivity contribution in [3.8, 4) is 11.8 Å². The van der Waals surface area contributed by atoms with Gasteiger partial charge in [0.15, 0.2) is 0 Å². The van der Waals surface area contributed by atoms with Crippen molar-refractivity contribution >= 4 is 0 Å². The van der Waals surface area contributed by atoms with Crippen LogP contribution >= 0.6 is 0 Å². The molecule has 0 aliphatic carbocycles. The van der Waals surface area contributed by atoms with Gasteiger partial charge in [-0.2, -0.15) is 0 Å². The van der Waals surface area contributed by atoms with Crippen LogP contribution in [-0.2, 0) is 0 Å². The van der Waals surface area contributed by atoms with Gasteiger partial charge in [-0.15, -0.1) is 11.8 Å². The molecule has 2 atom stereocenters. The van der Waals surface area contributed by atoms with Gasteiger partial charge in [-0.3, -0.25) is 4.90 Å². The van der Waals surface area contributed by atoms with Crippen LogP contribution in [0.2, 0.25) is 0 Å². The van der Waals surface area contributed by atoms with Crippen LogP contribution in [0.15, 0.2) is 0 Å². The van der Waals surface area contributed by atoms with Crippen LogP contribution in [0.3, 0.4) is 0 Å². The lowest BCUT2D eigenvalue weighted by Crippen LogP contribution is -2.28. The monoisotopic (exact) mass is 180 g/mol. The molecule has 2 unspecified atom stereocenters. The lowest BCUT2D eigenvalue weighted by molar-refractivity contribution is 0.271. The van der Waals surface area contributed by atoms with Crippen molar-refractivity contribution in [1.82, 2.24) is 4.90 Å². The Morgan fingerprint density at radius 3 is 2.85 bits per heavy atom. The molecule has 0 bridgehead atoms. The van der Waals surface area contributed by atoms with E-state index in [1.54, 1.807) is 0 Å². The van der Waals surface area contributed by atoms with E-state index in [2.05, 4.69) is 23.7 Å². The molecule has 0 amide bonds. The molecule has 2 heteroatoms. The zero-order valence-electron chi connectivity index (χ0n) is 8.71. The summed E-state index contributed by atoms with van der Waals surface area (Å²) in [5.41, 5.74) is 5.66. The molecule has 1 saturated heterocycles. The van der Waals surface area contributed by atoms with E-state index in [0.29, 0.717) is 12.0 Å². The van der Waals surface area contributed by atoms with E-state index in [4.69, 9.17) is 5.73 Å². The van der Waals surface area contributed by atoms with Crippen molar-refractivity contribution in [3.05, 3.63) is 0 Å². The molecule has 0 aromatic carbocycles. The topological polar surface area (TPSA) is 29.3 Å². The van der Waals surface area contributed by atoms with E-state index in [1.165, 1.54) is 13.0 Å². The molecule has 1 heterocycles. The summed E-state index contributed by atoms with van der Waals surface area (Å²) in [5, 5.41) is 0. The first-order valence-corrected chi connectivity index (χ1v) is 5.11. The van der Waals surface area contributed by atoms with Crippen molar-refractivity contribution in [2.75, 3.05) is 19.6 Å². The zero-order chi connectivity index (χ0) is 9.68. The molecule has 2 nitrogen and oxygen atoms in total. The molecule has 1 fully saturated rings. The van der Waals surface area contributed by atoms with Crippen LogP contribution in [0.25, 0.3) is 0 Å². The average molecular weight is 180 g/mol. The van der Waals surface area contributed by atoms with E-state index in [1.807, 2.05) is 6.92 Å². The number of likely N-dealkylation sites (tertiary alicyclic amines) is 1. The van der Waals surface area contributed by atoms with Crippen LogP contribution in [0, 0.1) is 17.8 Å². The molecule has 0 aromatic rings. The van der Waals surface area contributed by atoms with Gasteiger partial charge in [0.05, 0.1) is 0 Å². The van der Waals surface area contributed by atoms with Gasteiger partial charge in [0.2, 0.25) is 0 Å². The maximum atomic E-state index is 5.66. The van der Waals surface area contributed by atoms with Crippen LogP contribution in [0.1, 0.15) is 26.7 Å². The largest absolute Gasteiger partial charge is 0.330 e. The molecule has 2 N–H and O–H groups in total. The Morgan fingerprint density at radius 2 is 2.31 bits per heavy atom. The molecule has 74 valence electrons. The Balaban J connectivity index is 2.29. The van der Waals surface area contributed by atoms with Crippen molar-refractivity contribution < 1.29 is 0 Å². The molecule has 13 heavy (non-hydrogen) atoms. The van der Waals surface area contributed by atoms with Crippen LogP contribution < -0.4 is 5.73 Å². The number of nitrogens with two attached hydrogens (primary N) is 1. The molecule has 0 spiro atoms. The molecule has 0 saturated carbocycles. The van der Waals surface area contributed by atoms with Crippen molar-refractivity contribution in [2.24, 2.45) is 11.7 Å². The van der Waals surface area contributed by atoms with Crippen molar-refractivity contribution in [3.63, 3.8) is 0 Å². The van der Waals surface area contributed by atoms with E-state index in [-0.39, 0.29) is 0 Å². The fourth-order valence-electron chi connectivity index (χ4n) is 2.02. The fourth-order valence-corrected chi connectivity index (χ4v) is 2.02. The predicted molar refractivity (Wildman–Crippen MR) is 56.3 cm³/mol. The number of hydrogen-bond acceptors (Lipinski definition) is 2. The SMILES string of the molecule is CC#CCCN1CC(CN)CC1C. The third-order valence-electron chi connectivity index (χ3n) is 2.82. The summed E-state index contributed by atoms with van der Waals surface area (Å²) in [4.78, 5) is 2.50. The normalized spacial score (nSPS) is 28.5. The van der Waals surface area contributed by atoms with E-state index >= 15 is 0 Å². The van der Waals surface area contributed by atoms with Crippen molar-refractivity contribution in [1.29, 1.82) is 0 Å². The maximum absolute atomic E-state index is 5.66. The van der Waals surface area contributed by atoms with Gasteiger partial charge in [-0.05, 0) is 32.7 Å². The number of hydrogen-bond donors (Lipinski definition) is 1. The minimum Gasteiger partial charge on any atom is -0.330 e. The predicted octanol–water partition coefficient (Wildman–Crippen LogP) is 1.07. The maximum Gasteiger partial charge on any atom is 0.0217 e. The lowest BCUT2D eigenvalue weighted by Gasteiger charge is -2.19. The van der Waals surface area contributed by atoms with Gasteiger partial charge < -0.3 is 5.73 Å². The van der Waals surface area contributed by atoms with Gasteiger partial charge in [0.25, 0.3) is 0 Å². The first-order chi connectivity index (χ1) is 6.27. The zero-order valence-corrected chi connectivity index (χ0v) is 8.71. The fraction of sp³-hybridized carbons (Fsp3) is 0.818. The van der Waals surface area contributed by atoms with Gasteiger partial charge in [0, 0.05) is 25.6 Å². The molecule has 1 aliphatic rings. The van der Waals surface area contributed by atoms with E-state index in [0.717, 1.165) is 19.5 Å². The molecule has 1 rings (SSSR count). The van der Waals surface area contributed by atoms with E-state index < -0.39 is 0 Å². The molecular formula is C11H20N2. The molecule has 0 aromatic heterocycles. The van der Waals surface area contributed by atoms with Gasteiger partial charge in [-0.25, -0.2) is 0 Å². The highest BCUT2D eigenvalue weighted by Gasteiger charge is 2.26. The Hall–Kier alpha value is -0.520. The third kappa shape index (κ3) is 3.02. The Labute approximate surface area is 81.5 Å². The number of rotatable bonds is 3. The number of nitrogens with zero attached hydrogens (tertiary/aromatic N) is 1. The summed E-state index contributed by atoms with van der Waals surface area (Å²) in [6.07, 6.45) is 2.26. The minimum absolute atomic E-state index is 0.701. The Kier molecular flexibility index (Phi) is 4.27. The summed E-state index contributed by atoms with van der Waals surface area (Å²) in [7, 11) is 0. The summed E-state index contributed by atoms with van der Waals surface area (Å²) >= 11 is 0. The average Bonchev–Trinajstić information content (AvgIpc) is 2.48. The Bertz CT molecular complexity index is 202. The molecule has 0 radical (unpaired) electrons. The highest BCUT2D eigenvalue weighted by molar-refractivity contribution is 4.96. The first-order valence-electron chi connectivity index (χ1n) is 5.11. The van der Waals surface area contributed by atoms with Crippen LogP contribution in [-0.4, -0.2) is 30.6 Å². The van der Waals surface area contributed by atoms with Crippen LogP contribution in [0.4, 0.5) is 0 Å². The molecular weight excluding hydrogens is 160 g/mol. The standard InChI is InChI=1S/C11H20N2/c1-3-4-5-6-13-9-11(8-12)7-10(13)2/h10-11H,5-9,12H2,1-2H3. The highest BCUT2D eigenvalue weighted by atomic mass is 15.2. The van der Waals surface area contributed by atoms with Gasteiger partial charge in [-0.1, -0.05) is 0 Å². The minimum atomic E-state index is 0.701. The van der Waals surface area contributed by atoms with Crippen molar-refractivity contribution in [2.45, 2.75) is 32.7 Å². The smallest absolute Gasteiger partial charge is 0.0217 e. The van der Waals surface area contributed by atoms with Gasteiger partial charge in [0.1, 0.15) is 0 Å². The first kappa shape index (κ1) is 10.6. The third-order valence-corrected chi connectivity index (χ3v) is 2.82. The van der Waals surface area contributed by atoms with Crippen LogP contribution in [0.5, 0.6) is 0 Å². The second kappa shape index (κ2) is 5.26. The quantitative estimate of drug-likeness (QED) is 0.658. The van der Waals surface area contributed by atoms with Gasteiger partial charge >= 0.3 is 0 Å². The summed E-state index contributed by atoms with van der Waals surface area (Å²) in [6, 6.07) is 0.701. The summed E-state index contributed by atoms with van der Waals surface area (Å²) in [6.45, 7) is 7.30.